The second-order valence-electron chi connectivity index (χ2n) is 11.7. The second kappa shape index (κ2) is 31.0. The van der Waals surface area contributed by atoms with Gasteiger partial charge in [0.05, 0.1) is 13.2 Å². The van der Waals surface area contributed by atoms with Gasteiger partial charge in [-0.3, -0.25) is 18.6 Å². The van der Waals surface area contributed by atoms with Crippen LogP contribution in [0.15, 0.2) is 36.5 Å². The maximum absolute atomic E-state index is 12.2. The maximum Gasteiger partial charge on any atom is 0.472 e. The zero-order chi connectivity index (χ0) is 35.0. The summed E-state index contributed by atoms with van der Waals surface area (Å²) in [6, 6.07) is -1.56. The highest BCUT2D eigenvalue weighted by atomic mass is 31.2. The highest BCUT2D eigenvalue weighted by molar-refractivity contribution is 7.47. The maximum atomic E-state index is 12.2. The summed E-state index contributed by atoms with van der Waals surface area (Å²) in [6.45, 7) is 2.39. The van der Waals surface area contributed by atoms with E-state index in [2.05, 4.69) is 55.6 Å². The van der Waals surface area contributed by atoms with E-state index in [1.54, 1.807) is 0 Å². The first-order chi connectivity index (χ1) is 22.6. The topological polar surface area (TPSA) is 169 Å². The molecule has 0 radical (unpaired) electrons. The van der Waals surface area contributed by atoms with Crippen molar-refractivity contribution in [2.75, 3.05) is 19.8 Å². The number of carboxylic acids is 1. The van der Waals surface area contributed by atoms with Crippen LogP contribution in [0, 0.1) is 0 Å². The Kier molecular flexibility index (Phi) is 29.5. The number of hydrogen-bond acceptors (Lipinski definition) is 8. The van der Waals surface area contributed by atoms with E-state index >= 15 is 0 Å². The first kappa shape index (κ1) is 44.7. The van der Waals surface area contributed by atoms with Crippen LogP contribution in [0.4, 0.5) is 0 Å². The molecule has 4 N–H and O–H groups in total. The number of carbonyl (C=O) groups excluding carboxylic acids is 2. The monoisotopic (exact) mass is 687 g/mol. The molecule has 12 heteroatoms. The van der Waals surface area contributed by atoms with E-state index in [1.807, 2.05) is 0 Å². The average molecular weight is 688 g/mol. The zero-order valence-electron chi connectivity index (χ0n) is 28.8. The minimum atomic E-state index is -4.75. The largest absolute Gasteiger partial charge is 0.480 e. The van der Waals surface area contributed by atoms with Crippen molar-refractivity contribution in [2.24, 2.45) is 0 Å². The lowest BCUT2D eigenvalue weighted by atomic mass is 10.1. The fourth-order valence-electron chi connectivity index (χ4n) is 4.44. The minimum Gasteiger partial charge on any atom is -0.480 e. The van der Waals surface area contributed by atoms with Crippen LogP contribution < -0.4 is 5.32 Å². The molecule has 0 aromatic carbocycles. The van der Waals surface area contributed by atoms with Crippen molar-refractivity contribution in [1.82, 2.24) is 5.32 Å². The lowest BCUT2D eigenvalue weighted by Gasteiger charge is -2.18. The molecule has 0 rings (SSSR count). The number of aliphatic hydroxyl groups excluding tert-OH is 1. The lowest BCUT2D eigenvalue weighted by Crippen LogP contribution is -2.43. The molecule has 0 aliphatic carbocycles. The molecule has 47 heavy (non-hydrogen) atoms. The first-order valence-corrected chi connectivity index (χ1v) is 19.0. The van der Waals surface area contributed by atoms with Crippen molar-refractivity contribution in [3.05, 3.63) is 36.5 Å². The molecule has 0 aliphatic heterocycles. The number of phosphoric acid groups is 1. The van der Waals surface area contributed by atoms with Gasteiger partial charge in [-0.05, 0) is 44.9 Å². The number of allylic oxidation sites excluding steroid dienone is 6. The van der Waals surface area contributed by atoms with Crippen molar-refractivity contribution < 1.29 is 47.8 Å². The van der Waals surface area contributed by atoms with Gasteiger partial charge in [0.15, 0.2) is 6.04 Å². The molecule has 272 valence electrons. The summed E-state index contributed by atoms with van der Waals surface area (Å²) < 4.78 is 26.6. The molecule has 0 saturated heterocycles. The summed E-state index contributed by atoms with van der Waals surface area (Å²) >= 11 is 0. The standard InChI is InChI=1S/C35H62NO10P/c1-3-5-7-9-11-13-15-16-17-18-20-22-24-26-33(38)36-32(35(40)41)30-46-47(42,43)45-29-31(37)28-44-34(39)27-25-23-21-19-14-12-10-8-6-4-2/h5,7,11,13,16-17,31-32,37H,3-4,6,8-10,12,14-15,18-30H2,1-2H3,(H,36,38)(H,40,41)(H,42,43)/b7-5-,13-11-,17-16-. The van der Waals surface area contributed by atoms with Gasteiger partial charge in [-0.25, -0.2) is 9.36 Å². The molecule has 0 aromatic rings. The van der Waals surface area contributed by atoms with Crippen molar-refractivity contribution in [3.63, 3.8) is 0 Å². The Bertz CT molecular complexity index is 953. The van der Waals surface area contributed by atoms with E-state index in [-0.39, 0.29) is 12.8 Å². The molecular formula is C35H62NO10P. The fraction of sp³-hybridized carbons (Fsp3) is 0.743. The van der Waals surface area contributed by atoms with E-state index < -0.39 is 57.6 Å². The van der Waals surface area contributed by atoms with Crippen molar-refractivity contribution >= 4 is 25.7 Å². The fourth-order valence-corrected chi connectivity index (χ4v) is 5.22. The third-order valence-electron chi connectivity index (χ3n) is 7.19. The SMILES string of the molecule is CC/C=C\C/C=C\C/C=C\CCCCCC(=O)NC(COP(=O)(O)OCC(O)COC(=O)CCCCCCCCCCCC)C(=O)O. The minimum absolute atomic E-state index is 0.110. The van der Waals surface area contributed by atoms with Crippen LogP contribution >= 0.6 is 7.82 Å². The number of unbranched alkanes of at least 4 members (excludes halogenated alkanes) is 12. The highest BCUT2D eigenvalue weighted by Crippen LogP contribution is 2.43. The molecular weight excluding hydrogens is 625 g/mol. The molecule has 0 aromatic heterocycles. The summed E-state index contributed by atoms with van der Waals surface area (Å²) in [7, 11) is -4.75. The van der Waals surface area contributed by atoms with Crippen LogP contribution in [-0.2, 0) is 32.7 Å². The van der Waals surface area contributed by atoms with Gasteiger partial charge in [0, 0.05) is 12.8 Å². The molecule has 3 unspecified atom stereocenters. The number of aliphatic hydroxyl groups is 1. The van der Waals surface area contributed by atoms with Gasteiger partial charge in [-0.1, -0.05) is 115 Å². The quantitative estimate of drug-likeness (QED) is 0.0238. The van der Waals surface area contributed by atoms with Crippen LogP contribution in [0.1, 0.15) is 136 Å². The van der Waals surface area contributed by atoms with Crippen LogP contribution in [0.5, 0.6) is 0 Å². The molecule has 0 heterocycles. The first-order valence-electron chi connectivity index (χ1n) is 17.5. The number of nitrogens with one attached hydrogen (secondary N) is 1. The van der Waals surface area contributed by atoms with Crippen molar-refractivity contribution in [3.8, 4) is 0 Å². The molecule has 0 aliphatic rings. The average Bonchev–Trinajstić information content (AvgIpc) is 3.04. The van der Waals surface area contributed by atoms with Gasteiger partial charge in [-0.2, -0.15) is 0 Å². The van der Waals surface area contributed by atoms with Gasteiger partial charge >= 0.3 is 19.8 Å². The Hall–Kier alpha value is -2.30. The Labute approximate surface area is 282 Å². The number of amides is 1. The summed E-state index contributed by atoms with van der Waals surface area (Å²) in [4.78, 5) is 45.5. The van der Waals surface area contributed by atoms with Crippen LogP contribution in [-0.4, -0.2) is 64.9 Å². The Balaban J connectivity index is 4.07. The van der Waals surface area contributed by atoms with Crippen molar-refractivity contribution in [2.45, 2.75) is 148 Å². The van der Waals surface area contributed by atoms with Crippen LogP contribution in [0.25, 0.3) is 0 Å². The summed E-state index contributed by atoms with van der Waals surface area (Å²) in [5.41, 5.74) is 0. The zero-order valence-corrected chi connectivity index (χ0v) is 29.7. The molecule has 11 nitrogen and oxygen atoms in total. The molecule has 0 bridgehead atoms. The summed E-state index contributed by atoms with van der Waals surface area (Å²) in [5.74, 6) is -2.42. The molecule has 0 fully saturated rings. The number of esters is 1. The summed E-state index contributed by atoms with van der Waals surface area (Å²) in [5, 5.41) is 21.6. The number of phosphoric ester groups is 1. The normalized spacial score (nSPS) is 14.5. The van der Waals surface area contributed by atoms with Gasteiger partial charge in [-0.15, -0.1) is 0 Å². The van der Waals surface area contributed by atoms with E-state index in [1.165, 1.54) is 38.5 Å². The van der Waals surface area contributed by atoms with E-state index in [0.717, 1.165) is 57.8 Å². The Morgan fingerprint density at radius 1 is 0.702 bits per heavy atom. The third-order valence-corrected chi connectivity index (χ3v) is 8.14. The predicted octanol–water partition coefficient (Wildman–Crippen LogP) is 7.71. The highest BCUT2D eigenvalue weighted by Gasteiger charge is 2.28. The predicted molar refractivity (Wildman–Crippen MR) is 185 cm³/mol. The van der Waals surface area contributed by atoms with E-state index in [0.29, 0.717) is 12.8 Å². The van der Waals surface area contributed by atoms with Crippen LogP contribution in [0.2, 0.25) is 0 Å². The Morgan fingerprint density at radius 3 is 1.85 bits per heavy atom. The smallest absolute Gasteiger partial charge is 0.472 e. The van der Waals surface area contributed by atoms with Gasteiger partial charge in [0.2, 0.25) is 5.91 Å². The third kappa shape index (κ3) is 30.8. The number of ether oxygens (including phenoxy) is 1. The number of rotatable bonds is 32. The van der Waals surface area contributed by atoms with Gasteiger partial charge < -0.3 is 25.2 Å². The molecule has 1 amide bonds. The van der Waals surface area contributed by atoms with E-state index in [9.17, 15) is 34.1 Å². The van der Waals surface area contributed by atoms with Crippen molar-refractivity contribution in [1.29, 1.82) is 0 Å². The number of carboxylic acid groups (broad SMARTS) is 1. The molecule has 0 saturated carbocycles. The molecule has 3 atom stereocenters. The Morgan fingerprint density at radius 2 is 1.23 bits per heavy atom. The van der Waals surface area contributed by atoms with E-state index in [4.69, 9.17) is 13.8 Å². The number of carbonyl (C=O) groups is 3. The second-order valence-corrected chi connectivity index (χ2v) is 13.1. The van der Waals surface area contributed by atoms with Crippen LogP contribution in [0.3, 0.4) is 0 Å². The number of hydrogen-bond donors (Lipinski definition) is 4. The van der Waals surface area contributed by atoms with Gasteiger partial charge in [0.25, 0.3) is 0 Å². The lowest BCUT2D eigenvalue weighted by molar-refractivity contribution is -0.147. The van der Waals surface area contributed by atoms with Gasteiger partial charge in [0.1, 0.15) is 12.7 Å². The summed E-state index contributed by atoms with van der Waals surface area (Å²) in [6.07, 6.45) is 29.1. The number of aliphatic carboxylic acids is 1. The molecule has 0 spiro atoms.